The topological polar surface area (TPSA) is 18.5 Å². The number of benzene rings is 1. The van der Waals surface area contributed by atoms with Crippen molar-refractivity contribution in [2.45, 2.75) is 6.43 Å². The number of fused-ring (bicyclic) bond motifs is 1. The van der Waals surface area contributed by atoms with Gasteiger partial charge in [-0.15, -0.1) is 0 Å². The lowest BCUT2D eigenvalue weighted by Gasteiger charge is -2.00. The van der Waals surface area contributed by atoms with Gasteiger partial charge in [-0.3, -0.25) is 0 Å². The highest BCUT2D eigenvalue weighted by Crippen LogP contribution is 2.35. The lowest BCUT2D eigenvalue weighted by molar-refractivity contribution is 0.150. The molecule has 0 amide bonds. The molecule has 0 fully saturated rings. The van der Waals surface area contributed by atoms with Crippen LogP contribution in [0.3, 0.4) is 0 Å². The van der Waals surface area contributed by atoms with Crippen LogP contribution in [-0.2, 0) is 0 Å². The highest BCUT2D eigenvalue weighted by molar-refractivity contribution is 5.44. The van der Waals surface area contributed by atoms with Gasteiger partial charge in [-0.25, -0.2) is 8.78 Å². The summed E-state index contributed by atoms with van der Waals surface area (Å²) in [5, 5.41) is 0. The van der Waals surface area contributed by atoms with E-state index in [4.69, 9.17) is 9.47 Å². The van der Waals surface area contributed by atoms with Crippen molar-refractivity contribution >= 4 is 0 Å². The number of hydrogen-bond donors (Lipinski definition) is 0. The summed E-state index contributed by atoms with van der Waals surface area (Å²) in [4.78, 5) is 0. The molecule has 0 aliphatic carbocycles. The van der Waals surface area contributed by atoms with Crippen LogP contribution in [-0.4, -0.2) is 6.79 Å². The number of alkyl halides is 2. The van der Waals surface area contributed by atoms with Gasteiger partial charge in [0, 0.05) is 5.56 Å². The molecular weight excluding hydrogens is 165 g/mol. The van der Waals surface area contributed by atoms with Gasteiger partial charge in [-0.1, -0.05) is 0 Å². The molecule has 1 aromatic carbocycles. The third-order valence-corrected chi connectivity index (χ3v) is 1.65. The van der Waals surface area contributed by atoms with Crippen molar-refractivity contribution in [3.63, 3.8) is 0 Å². The SMILES string of the molecule is FC([18F])c1ccc2c(c1)OCO2. The standard InChI is InChI=1S/C8H6F2O2/c9-8(10)5-1-2-6-7(3-5)12-4-11-6/h1-3,8H,4H2/i9-1. The maximum Gasteiger partial charge on any atom is 0.263 e. The lowest BCUT2D eigenvalue weighted by Crippen LogP contribution is -1.92. The van der Waals surface area contributed by atoms with Gasteiger partial charge in [0.1, 0.15) is 0 Å². The zero-order chi connectivity index (χ0) is 8.55. The van der Waals surface area contributed by atoms with E-state index in [2.05, 4.69) is 0 Å². The Labute approximate surface area is 67.7 Å². The van der Waals surface area contributed by atoms with Crippen LogP contribution >= 0.6 is 0 Å². The van der Waals surface area contributed by atoms with E-state index in [-0.39, 0.29) is 12.4 Å². The van der Waals surface area contributed by atoms with Crippen LogP contribution < -0.4 is 9.47 Å². The molecule has 0 N–H and O–H groups in total. The van der Waals surface area contributed by atoms with E-state index >= 15 is 0 Å². The van der Waals surface area contributed by atoms with Crippen molar-refractivity contribution in [2.24, 2.45) is 0 Å². The van der Waals surface area contributed by atoms with Crippen LogP contribution in [0.25, 0.3) is 0 Å². The molecule has 0 aromatic heterocycles. The summed E-state index contributed by atoms with van der Waals surface area (Å²) in [6.07, 6.45) is -2.46. The largest absolute Gasteiger partial charge is 0.454 e. The van der Waals surface area contributed by atoms with Crippen LogP contribution in [0.15, 0.2) is 18.2 Å². The van der Waals surface area contributed by atoms with Crippen molar-refractivity contribution in [3.8, 4) is 11.5 Å². The molecule has 0 radical (unpaired) electrons. The Bertz CT molecular complexity index is 299. The number of ether oxygens (including phenoxy) is 2. The van der Waals surface area contributed by atoms with Crippen LogP contribution in [0.5, 0.6) is 11.5 Å². The van der Waals surface area contributed by atoms with Crippen LogP contribution in [0.1, 0.15) is 12.0 Å². The molecule has 12 heavy (non-hydrogen) atoms. The average molecular weight is 171 g/mol. The Kier molecular flexibility index (Phi) is 1.60. The van der Waals surface area contributed by atoms with Crippen molar-refractivity contribution in [1.29, 1.82) is 0 Å². The van der Waals surface area contributed by atoms with Crippen molar-refractivity contribution in [3.05, 3.63) is 23.8 Å². The molecule has 1 aliphatic rings. The third-order valence-electron chi connectivity index (χ3n) is 1.65. The number of hydrogen-bond acceptors (Lipinski definition) is 2. The monoisotopic (exact) mass is 171 g/mol. The molecule has 2 rings (SSSR count). The average Bonchev–Trinajstić information content (AvgIpc) is 2.49. The zero-order valence-electron chi connectivity index (χ0n) is 6.09. The predicted octanol–water partition coefficient (Wildman–Crippen LogP) is 2.35. The molecular formula is C8H6F2O2. The third kappa shape index (κ3) is 1.09. The minimum absolute atomic E-state index is 0.0424. The fourth-order valence-electron chi connectivity index (χ4n) is 1.05. The molecule has 1 unspecified atom stereocenters. The van der Waals surface area contributed by atoms with Crippen molar-refractivity contribution in [1.82, 2.24) is 0 Å². The summed E-state index contributed by atoms with van der Waals surface area (Å²) in [5.74, 6) is 0.923. The molecule has 0 spiro atoms. The fourth-order valence-corrected chi connectivity index (χ4v) is 1.05. The van der Waals surface area contributed by atoms with Gasteiger partial charge in [0.25, 0.3) is 6.43 Å². The van der Waals surface area contributed by atoms with Gasteiger partial charge in [-0.2, -0.15) is 0 Å². The number of halogens is 2. The molecule has 2 nitrogen and oxygen atoms in total. The molecule has 0 saturated carbocycles. The van der Waals surface area contributed by atoms with E-state index in [0.29, 0.717) is 11.5 Å². The van der Waals surface area contributed by atoms with Gasteiger partial charge < -0.3 is 9.47 Å². The first kappa shape index (κ1) is 7.34. The Morgan fingerprint density at radius 3 is 2.67 bits per heavy atom. The molecule has 4 heteroatoms. The summed E-state index contributed by atoms with van der Waals surface area (Å²) in [5.41, 5.74) is -0.0424. The van der Waals surface area contributed by atoms with Crippen LogP contribution in [0.4, 0.5) is 8.78 Å². The molecule has 0 saturated heterocycles. The molecule has 1 aromatic rings. The predicted molar refractivity (Wildman–Crippen MR) is 37.5 cm³/mol. The highest BCUT2D eigenvalue weighted by atomic mass is 19.2. The smallest absolute Gasteiger partial charge is 0.263 e. The van der Waals surface area contributed by atoms with Gasteiger partial charge in [0.15, 0.2) is 11.5 Å². The second-order valence-corrected chi connectivity index (χ2v) is 2.41. The van der Waals surface area contributed by atoms with E-state index in [1.807, 2.05) is 0 Å². The minimum atomic E-state index is -2.46. The van der Waals surface area contributed by atoms with Crippen molar-refractivity contribution < 1.29 is 18.3 Å². The van der Waals surface area contributed by atoms with Crippen molar-refractivity contribution in [2.75, 3.05) is 6.79 Å². The summed E-state index contributed by atoms with van der Waals surface area (Å²) < 4.78 is 34.2. The first-order valence-electron chi connectivity index (χ1n) is 3.45. The normalized spacial score (nSPS) is 16.2. The molecule has 0 bridgehead atoms. The maximum absolute atomic E-state index is 12.1. The number of rotatable bonds is 1. The lowest BCUT2D eigenvalue weighted by atomic mass is 10.2. The van der Waals surface area contributed by atoms with Gasteiger partial charge in [0.05, 0.1) is 0 Å². The van der Waals surface area contributed by atoms with Gasteiger partial charge >= 0.3 is 0 Å². The summed E-state index contributed by atoms with van der Waals surface area (Å²) in [7, 11) is 0. The minimum Gasteiger partial charge on any atom is -0.454 e. The van der Waals surface area contributed by atoms with E-state index in [9.17, 15) is 8.78 Å². The summed E-state index contributed by atoms with van der Waals surface area (Å²) in [6, 6.07) is 4.12. The molecule has 1 atom stereocenters. The second kappa shape index (κ2) is 2.62. The van der Waals surface area contributed by atoms with Gasteiger partial charge in [0.2, 0.25) is 6.79 Å². The van der Waals surface area contributed by atoms with Crippen LogP contribution in [0, 0.1) is 0 Å². The van der Waals surface area contributed by atoms with E-state index < -0.39 is 6.43 Å². The van der Waals surface area contributed by atoms with E-state index in [0.717, 1.165) is 0 Å². The molecule has 1 aliphatic heterocycles. The Hall–Kier alpha value is -1.32. The molecule has 1 heterocycles. The Balaban J connectivity index is 2.39. The van der Waals surface area contributed by atoms with E-state index in [1.54, 1.807) is 0 Å². The summed E-state index contributed by atoms with van der Waals surface area (Å²) in [6.45, 7) is 0.113. The van der Waals surface area contributed by atoms with E-state index in [1.165, 1.54) is 18.2 Å². The quantitative estimate of drug-likeness (QED) is 0.645. The highest BCUT2D eigenvalue weighted by Gasteiger charge is 2.16. The maximum atomic E-state index is 12.1. The first-order valence-corrected chi connectivity index (χ1v) is 3.45. The Morgan fingerprint density at radius 1 is 1.17 bits per heavy atom. The molecule has 64 valence electrons. The van der Waals surface area contributed by atoms with Gasteiger partial charge in [-0.05, 0) is 18.2 Å². The second-order valence-electron chi connectivity index (χ2n) is 2.41. The first-order chi connectivity index (χ1) is 5.77. The summed E-state index contributed by atoms with van der Waals surface area (Å²) >= 11 is 0. The Morgan fingerprint density at radius 2 is 1.92 bits per heavy atom. The zero-order valence-corrected chi connectivity index (χ0v) is 6.09. The fraction of sp³-hybridized carbons (Fsp3) is 0.250. The van der Waals surface area contributed by atoms with Crippen LogP contribution in [0.2, 0.25) is 0 Å².